The first-order valence-electron chi connectivity index (χ1n) is 7.15. The van der Waals surface area contributed by atoms with Gasteiger partial charge in [-0.1, -0.05) is 15.9 Å². The molecule has 0 aliphatic carbocycles. The Morgan fingerprint density at radius 2 is 2.12 bits per heavy atom. The zero-order valence-electron chi connectivity index (χ0n) is 12.3. The molecule has 2 heterocycles. The molecule has 128 valence electrons. The van der Waals surface area contributed by atoms with Crippen molar-refractivity contribution in [2.45, 2.75) is 24.9 Å². The number of aliphatic hydroxyl groups is 2. The fraction of sp³-hybridized carbons (Fsp3) is 0.333. The van der Waals surface area contributed by atoms with Crippen LogP contribution in [-0.4, -0.2) is 38.6 Å². The number of rotatable bonds is 3. The summed E-state index contributed by atoms with van der Waals surface area (Å²) >= 11 is 3.15. The number of hydrogen-bond acceptors (Lipinski definition) is 5. The number of nitrogens with zero attached hydrogens (tertiary/aromatic N) is 1. The van der Waals surface area contributed by atoms with Crippen LogP contribution in [0.3, 0.4) is 0 Å². The summed E-state index contributed by atoms with van der Waals surface area (Å²) in [5.41, 5.74) is -1.00. The van der Waals surface area contributed by atoms with E-state index in [4.69, 9.17) is 9.84 Å². The highest BCUT2D eigenvalue weighted by Gasteiger charge is 2.35. The van der Waals surface area contributed by atoms with E-state index in [1.54, 1.807) is 6.07 Å². The molecule has 1 saturated heterocycles. The van der Waals surface area contributed by atoms with E-state index >= 15 is 0 Å². The van der Waals surface area contributed by atoms with Crippen LogP contribution in [0.4, 0.5) is 4.39 Å². The minimum absolute atomic E-state index is 0.0836. The molecule has 1 aliphatic heterocycles. The molecule has 0 saturated carbocycles. The Bertz CT molecular complexity index is 861. The largest absolute Gasteiger partial charge is 0.394 e. The fourth-order valence-electron chi connectivity index (χ4n) is 2.66. The van der Waals surface area contributed by atoms with Crippen LogP contribution in [0.15, 0.2) is 38.5 Å². The summed E-state index contributed by atoms with van der Waals surface area (Å²) in [5.74, 6) is -0.538. The van der Waals surface area contributed by atoms with E-state index in [0.29, 0.717) is 4.47 Å². The zero-order valence-corrected chi connectivity index (χ0v) is 13.9. The van der Waals surface area contributed by atoms with Crippen LogP contribution in [0.1, 0.15) is 12.6 Å². The molecule has 2 aromatic rings. The van der Waals surface area contributed by atoms with Gasteiger partial charge in [-0.05, 0) is 23.8 Å². The van der Waals surface area contributed by atoms with E-state index in [2.05, 4.69) is 20.9 Å². The first kappa shape index (κ1) is 17.0. The molecule has 3 atom stereocenters. The lowest BCUT2D eigenvalue weighted by Gasteiger charge is -2.15. The first-order chi connectivity index (χ1) is 11.4. The van der Waals surface area contributed by atoms with E-state index in [0.717, 1.165) is 4.57 Å². The summed E-state index contributed by atoms with van der Waals surface area (Å²) in [5, 5.41) is 18.9. The molecule has 0 radical (unpaired) electrons. The number of hydrogen-bond donors (Lipinski definition) is 3. The van der Waals surface area contributed by atoms with Crippen molar-refractivity contribution in [3.05, 3.63) is 55.5 Å². The van der Waals surface area contributed by atoms with Gasteiger partial charge in [0.25, 0.3) is 5.56 Å². The van der Waals surface area contributed by atoms with E-state index < -0.39 is 35.5 Å². The Labute approximate surface area is 143 Å². The molecular formula is C15H14BrFN2O5. The summed E-state index contributed by atoms with van der Waals surface area (Å²) in [6, 6.07) is 3.96. The minimum atomic E-state index is -0.925. The van der Waals surface area contributed by atoms with Crippen molar-refractivity contribution in [3.8, 4) is 11.1 Å². The van der Waals surface area contributed by atoms with Gasteiger partial charge < -0.3 is 14.9 Å². The van der Waals surface area contributed by atoms with Gasteiger partial charge in [0, 0.05) is 17.1 Å². The van der Waals surface area contributed by atoms with Crippen molar-refractivity contribution in [1.29, 1.82) is 0 Å². The number of aromatic amines is 1. The molecule has 7 nitrogen and oxygen atoms in total. The summed E-state index contributed by atoms with van der Waals surface area (Å²) in [6.07, 6.45) is -1.22. The van der Waals surface area contributed by atoms with Gasteiger partial charge in [-0.3, -0.25) is 14.3 Å². The molecule has 0 spiro atoms. The van der Waals surface area contributed by atoms with Gasteiger partial charge in [-0.15, -0.1) is 0 Å². The number of aliphatic hydroxyl groups excluding tert-OH is 2. The summed E-state index contributed by atoms with van der Waals surface area (Å²) in [7, 11) is 0. The number of H-pyrrole nitrogens is 1. The van der Waals surface area contributed by atoms with Gasteiger partial charge in [0.15, 0.2) is 0 Å². The van der Waals surface area contributed by atoms with Crippen molar-refractivity contribution in [2.24, 2.45) is 0 Å². The number of halogens is 2. The van der Waals surface area contributed by atoms with Crippen LogP contribution in [-0.2, 0) is 4.74 Å². The van der Waals surface area contributed by atoms with Crippen LogP contribution in [0.5, 0.6) is 0 Å². The minimum Gasteiger partial charge on any atom is -0.394 e. The lowest BCUT2D eigenvalue weighted by Crippen LogP contribution is -2.33. The second kappa shape index (κ2) is 6.60. The molecule has 0 bridgehead atoms. The Morgan fingerprint density at radius 3 is 2.75 bits per heavy atom. The Kier molecular flexibility index (Phi) is 4.68. The predicted molar refractivity (Wildman–Crippen MR) is 86.0 cm³/mol. The van der Waals surface area contributed by atoms with Gasteiger partial charge in [0.05, 0.1) is 18.3 Å². The molecule has 1 fully saturated rings. The van der Waals surface area contributed by atoms with Crippen molar-refractivity contribution in [3.63, 3.8) is 0 Å². The van der Waals surface area contributed by atoms with Crippen LogP contribution < -0.4 is 11.2 Å². The topological polar surface area (TPSA) is 105 Å². The quantitative estimate of drug-likeness (QED) is 0.704. The van der Waals surface area contributed by atoms with Crippen molar-refractivity contribution in [1.82, 2.24) is 9.55 Å². The Balaban J connectivity index is 2.07. The van der Waals surface area contributed by atoms with Gasteiger partial charge in [0.2, 0.25) is 0 Å². The van der Waals surface area contributed by atoms with Gasteiger partial charge in [0.1, 0.15) is 18.1 Å². The molecule has 0 unspecified atom stereocenters. The summed E-state index contributed by atoms with van der Waals surface area (Å²) in [4.78, 5) is 26.3. The van der Waals surface area contributed by atoms with Crippen molar-refractivity contribution in [2.75, 3.05) is 6.61 Å². The third-order valence-corrected chi connectivity index (χ3v) is 4.29. The molecule has 24 heavy (non-hydrogen) atoms. The molecule has 1 aromatic heterocycles. The third kappa shape index (κ3) is 3.20. The third-order valence-electron chi connectivity index (χ3n) is 3.84. The SMILES string of the molecule is O=c1[nH]c(=O)n([C@H]2C[C@H](O)[C@@H](CO)O2)cc1-c1cc(F)cc(Br)c1. The average Bonchev–Trinajstić information content (AvgIpc) is 2.87. The van der Waals surface area contributed by atoms with Crippen LogP contribution in [0, 0.1) is 5.82 Å². The van der Waals surface area contributed by atoms with Gasteiger partial charge in [-0.25, -0.2) is 9.18 Å². The highest BCUT2D eigenvalue weighted by atomic mass is 79.9. The lowest BCUT2D eigenvalue weighted by atomic mass is 10.1. The van der Waals surface area contributed by atoms with E-state index in [1.807, 2.05) is 0 Å². The maximum Gasteiger partial charge on any atom is 0.330 e. The number of aromatic nitrogens is 2. The molecule has 3 rings (SSSR count). The Morgan fingerprint density at radius 1 is 1.38 bits per heavy atom. The first-order valence-corrected chi connectivity index (χ1v) is 7.94. The average molecular weight is 401 g/mol. The Hall–Kier alpha value is -1.81. The summed E-state index contributed by atoms with van der Waals surface area (Å²) in [6.45, 7) is -0.389. The van der Waals surface area contributed by atoms with E-state index in [-0.39, 0.29) is 24.2 Å². The smallest absolute Gasteiger partial charge is 0.330 e. The number of benzene rings is 1. The zero-order chi connectivity index (χ0) is 17.4. The number of nitrogens with one attached hydrogen (secondary N) is 1. The molecule has 1 aliphatic rings. The van der Waals surface area contributed by atoms with Crippen LogP contribution in [0.2, 0.25) is 0 Å². The molecular weight excluding hydrogens is 387 g/mol. The highest BCUT2D eigenvalue weighted by molar-refractivity contribution is 9.10. The van der Waals surface area contributed by atoms with Crippen molar-refractivity contribution < 1.29 is 19.3 Å². The monoisotopic (exact) mass is 400 g/mol. The second-order valence-electron chi connectivity index (χ2n) is 5.48. The second-order valence-corrected chi connectivity index (χ2v) is 6.40. The van der Waals surface area contributed by atoms with E-state index in [1.165, 1.54) is 18.3 Å². The van der Waals surface area contributed by atoms with Crippen LogP contribution in [0.25, 0.3) is 11.1 Å². The molecule has 0 amide bonds. The molecule has 1 aromatic carbocycles. The lowest BCUT2D eigenvalue weighted by molar-refractivity contribution is -0.0458. The van der Waals surface area contributed by atoms with Gasteiger partial charge in [-0.2, -0.15) is 0 Å². The normalized spacial score (nSPS) is 23.6. The number of ether oxygens (including phenoxy) is 1. The highest BCUT2D eigenvalue weighted by Crippen LogP contribution is 2.28. The van der Waals surface area contributed by atoms with E-state index in [9.17, 15) is 19.1 Å². The standard InChI is InChI=1S/C15H14BrFN2O5/c16-8-1-7(2-9(17)3-8)10-5-19(15(23)18-14(10)22)13-4-11(21)12(6-20)24-13/h1-3,5,11-13,20-21H,4,6H2,(H,18,22,23)/t11-,12+,13+/m0/s1. The summed E-state index contributed by atoms with van der Waals surface area (Å²) < 4.78 is 20.6. The van der Waals surface area contributed by atoms with Gasteiger partial charge >= 0.3 is 5.69 Å². The molecule has 9 heteroatoms. The maximum absolute atomic E-state index is 13.6. The molecule has 3 N–H and O–H groups in total. The predicted octanol–water partition coefficient (Wildman–Crippen LogP) is 0.746. The maximum atomic E-state index is 13.6. The van der Waals surface area contributed by atoms with Crippen molar-refractivity contribution >= 4 is 15.9 Å². The fourth-order valence-corrected chi connectivity index (χ4v) is 3.13. The van der Waals surface area contributed by atoms with Crippen LogP contribution >= 0.6 is 15.9 Å².